The lowest BCUT2D eigenvalue weighted by atomic mass is 10.2. The molecular formula is C9H8BrNO2. The largest absolute Gasteiger partial charge is 0.326 e. The van der Waals surface area contributed by atoms with Crippen LogP contribution in [0.1, 0.15) is 17.3 Å². The molecule has 1 aromatic rings. The normalized spacial score (nSPS) is 9.38. The van der Waals surface area contributed by atoms with E-state index in [2.05, 4.69) is 21.2 Å². The molecule has 0 saturated heterocycles. The molecule has 1 aromatic carbocycles. The van der Waals surface area contributed by atoms with Gasteiger partial charge in [-0.3, -0.25) is 9.59 Å². The van der Waals surface area contributed by atoms with E-state index in [0.29, 0.717) is 11.3 Å². The summed E-state index contributed by atoms with van der Waals surface area (Å²) in [6.45, 7) is 1.42. The predicted octanol–water partition coefficient (Wildman–Crippen LogP) is 2.18. The first kappa shape index (κ1) is 9.92. The van der Waals surface area contributed by atoms with Crippen LogP contribution in [0.3, 0.4) is 0 Å². The van der Waals surface area contributed by atoms with E-state index in [9.17, 15) is 9.59 Å². The maximum atomic E-state index is 10.9. The Labute approximate surface area is 84.3 Å². The summed E-state index contributed by atoms with van der Waals surface area (Å²) in [4.78, 5) is 21.6. The highest BCUT2D eigenvalue weighted by molar-refractivity contribution is 9.18. The second-order valence-corrected chi connectivity index (χ2v) is 3.26. The minimum absolute atomic E-state index is 0.154. The van der Waals surface area contributed by atoms with Gasteiger partial charge in [0.1, 0.15) is 0 Å². The molecule has 0 aliphatic carbocycles. The van der Waals surface area contributed by atoms with Crippen LogP contribution in [0, 0.1) is 0 Å². The van der Waals surface area contributed by atoms with Gasteiger partial charge in [0, 0.05) is 18.2 Å². The van der Waals surface area contributed by atoms with Gasteiger partial charge in [0.2, 0.25) is 10.6 Å². The number of benzene rings is 1. The van der Waals surface area contributed by atoms with Crippen molar-refractivity contribution >= 4 is 32.2 Å². The van der Waals surface area contributed by atoms with Crippen LogP contribution in [-0.4, -0.2) is 10.6 Å². The Bertz CT molecular complexity index is 349. The molecule has 1 rings (SSSR count). The van der Waals surface area contributed by atoms with Gasteiger partial charge in [0.25, 0.3) is 0 Å². The zero-order chi connectivity index (χ0) is 9.84. The van der Waals surface area contributed by atoms with Gasteiger partial charge in [0.15, 0.2) is 0 Å². The molecule has 0 aliphatic heterocycles. The number of hydrogen-bond acceptors (Lipinski definition) is 2. The topological polar surface area (TPSA) is 46.2 Å². The second-order valence-electron chi connectivity index (χ2n) is 2.54. The first-order valence-electron chi connectivity index (χ1n) is 3.67. The van der Waals surface area contributed by atoms with Crippen molar-refractivity contribution in [1.82, 2.24) is 0 Å². The Morgan fingerprint density at radius 1 is 1.38 bits per heavy atom. The second kappa shape index (κ2) is 4.18. The number of anilines is 1. The number of carbonyl (C=O) groups excluding carboxylic acids is 2. The molecule has 0 radical (unpaired) electrons. The molecule has 3 nitrogen and oxygen atoms in total. The van der Waals surface area contributed by atoms with Crippen molar-refractivity contribution < 1.29 is 9.59 Å². The van der Waals surface area contributed by atoms with Crippen molar-refractivity contribution in [3.05, 3.63) is 29.8 Å². The van der Waals surface area contributed by atoms with Crippen LogP contribution in [0.15, 0.2) is 24.3 Å². The van der Waals surface area contributed by atoms with Gasteiger partial charge in [-0.05, 0) is 28.1 Å². The molecule has 1 N–H and O–H groups in total. The van der Waals surface area contributed by atoms with E-state index < -0.39 is 0 Å². The van der Waals surface area contributed by atoms with Crippen LogP contribution in [0.25, 0.3) is 0 Å². The number of amides is 1. The Balaban J connectivity index is 2.91. The van der Waals surface area contributed by atoms with E-state index in [1.54, 1.807) is 24.3 Å². The Hall–Kier alpha value is -1.16. The lowest BCUT2D eigenvalue weighted by Crippen LogP contribution is -2.06. The van der Waals surface area contributed by atoms with Gasteiger partial charge in [0.05, 0.1) is 0 Å². The highest BCUT2D eigenvalue weighted by Gasteiger charge is 2.02. The summed E-state index contributed by atoms with van der Waals surface area (Å²) in [5.41, 5.74) is 1.14. The fourth-order valence-electron chi connectivity index (χ4n) is 0.922. The van der Waals surface area contributed by atoms with Crippen molar-refractivity contribution in [2.75, 3.05) is 5.32 Å². The summed E-state index contributed by atoms with van der Waals surface area (Å²) in [7, 11) is 0. The number of rotatable bonds is 2. The SMILES string of the molecule is CC(=O)Nc1cccc(C(=O)Br)c1. The van der Waals surface area contributed by atoms with Crippen LogP contribution in [0.4, 0.5) is 5.69 Å². The Kier molecular flexibility index (Phi) is 3.19. The minimum atomic E-state index is -0.195. The summed E-state index contributed by atoms with van der Waals surface area (Å²) in [6.07, 6.45) is 0. The van der Waals surface area contributed by atoms with Crippen molar-refractivity contribution in [2.45, 2.75) is 6.92 Å². The molecule has 0 saturated carbocycles. The highest BCUT2D eigenvalue weighted by atomic mass is 79.9. The molecule has 0 aromatic heterocycles. The lowest BCUT2D eigenvalue weighted by molar-refractivity contribution is -0.114. The maximum absolute atomic E-state index is 10.9. The fourth-order valence-corrected chi connectivity index (χ4v) is 1.17. The van der Waals surface area contributed by atoms with E-state index in [4.69, 9.17) is 0 Å². The molecule has 0 heterocycles. The number of hydrogen-bond donors (Lipinski definition) is 1. The van der Waals surface area contributed by atoms with Crippen molar-refractivity contribution in [3.63, 3.8) is 0 Å². The van der Waals surface area contributed by atoms with Gasteiger partial charge in [-0.1, -0.05) is 12.1 Å². The van der Waals surface area contributed by atoms with Crippen LogP contribution >= 0.6 is 15.9 Å². The third kappa shape index (κ3) is 2.99. The standard InChI is InChI=1S/C9H8BrNO2/c1-6(12)11-8-4-2-3-7(5-8)9(10)13/h2-5H,1H3,(H,11,12). The molecule has 1 amide bonds. The minimum Gasteiger partial charge on any atom is -0.326 e. The summed E-state index contributed by atoms with van der Waals surface area (Å²) in [5.74, 6) is -0.154. The van der Waals surface area contributed by atoms with E-state index in [1.807, 2.05) is 0 Å². The Morgan fingerprint density at radius 2 is 2.08 bits per heavy atom. The molecule has 4 heteroatoms. The lowest BCUT2D eigenvalue weighted by Gasteiger charge is -2.02. The van der Waals surface area contributed by atoms with E-state index in [1.165, 1.54) is 6.92 Å². The molecule has 0 bridgehead atoms. The molecule has 0 aliphatic rings. The fraction of sp³-hybridized carbons (Fsp3) is 0.111. The van der Waals surface area contributed by atoms with Crippen LogP contribution in [0.2, 0.25) is 0 Å². The van der Waals surface area contributed by atoms with Crippen molar-refractivity contribution in [3.8, 4) is 0 Å². The van der Waals surface area contributed by atoms with E-state index in [0.717, 1.165) is 0 Å². The first-order valence-corrected chi connectivity index (χ1v) is 4.46. The summed E-state index contributed by atoms with van der Waals surface area (Å²) >= 11 is 2.83. The van der Waals surface area contributed by atoms with Gasteiger partial charge in [-0.15, -0.1) is 0 Å². The van der Waals surface area contributed by atoms with Crippen molar-refractivity contribution in [2.24, 2.45) is 0 Å². The van der Waals surface area contributed by atoms with Gasteiger partial charge in [-0.25, -0.2) is 0 Å². The number of nitrogens with one attached hydrogen (secondary N) is 1. The van der Waals surface area contributed by atoms with Gasteiger partial charge >= 0.3 is 0 Å². The molecule has 0 unspecified atom stereocenters. The number of carbonyl (C=O) groups is 2. The third-order valence-electron chi connectivity index (χ3n) is 1.41. The highest BCUT2D eigenvalue weighted by Crippen LogP contribution is 2.12. The summed E-state index contributed by atoms with van der Waals surface area (Å²) < 4.78 is -0.195. The number of halogens is 1. The average molecular weight is 242 g/mol. The maximum Gasteiger partial charge on any atom is 0.228 e. The predicted molar refractivity (Wildman–Crippen MR) is 54.0 cm³/mol. The smallest absolute Gasteiger partial charge is 0.228 e. The average Bonchev–Trinajstić information content (AvgIpc) is 2.03. The molecular weight excluding hydrogens is 234 g/mol. The molecule has 68 valence electrons. The molecule has 0 atom stereocenters. The Morgan fingerprint density at radius 3 is 2.62 bits per heavy atom. The van der Waals surface area contributed by atoms with Gasteiger partial charge in [-0.2, -0.15) is 0 Å². The van der Waals surface area contributed by atoms with Gasteiger partial charge < -0.3 is 5.32 Å². The third-order valence-corrected chi connectivity index (χ3v) is 1.87. The van der Waals surface area contributed by atoms with Crippen molar-refractivity contribution in [1.29, 1.82) is 0 Å². The van der Waals surface area contributed by atoms with Crippen LogP contribution in [-0.2, 0) is 4.79 Å². The van der Waals surface area contributed by atoms with Crippen LogP contribution in [0.5, 0.6) is 0 Å². The van der Waals surface area contributed by atoms with Crippen LogP contribution < -0.4 is 5.32 Å². The quantitative estimate of drug-likeness (QED) is 0.808. The first-order chi connectivity index (χ1) is 6.09. The monoisotopic (exact) mass is 241 g/mol. The molecule has 13 heavy (non-hydrogen) atoms. The van der Waals surface area contributed by atoms with E-state index >= 15 is 0 Å². The van der Waals surface area contributed by atoms with E-state index in [-0.39, 0.29) is 10.6 Å². The summed E-state index contributed by atoms with van der Waals surface area (Å²) in [6, 6.07) is 6.71. The zero-order valence-electron chi connectivity index (χ0n) is 7.00. The summed E-state index contributed by atoms with van der Waals surface area (Å²) in [5, 5.41) is 2.59. The molecule has 0 fully saturated rings. The zero-order valence-corrected chi connectivity index (χ0v) is 8.59. The molecule has 0 spiro atoms.